The minimum atomic E-state index is -0.199. The molecule has 0 unspecified atom stereocenters. The van der Waals surface area contributed by atoms with Gasteiger partial charge in [-0.05, 0) is 23.2 Å². The van der Waals surface area contributed by atoms with Gasteiger partial charge in [-0.25, -0.2) is 0 Å². The van der Waals surface area contributed by atoms with Crippen molar-refractivity contribution in [2.75, 3.05) is 0 Å². The van der Waals surface area contributed by atoms with Gasteiger partial charge in [0, 0.05) is 6.92 Å². The number of aromatic nitrogens is 4. The Kier molecular flexibility index (Phi) is 1.48. The number of rotatable bonds is 1. The van der Waals surface area contributed by atoms with Crippen molar-refractivity contribution >= 4 is 18.6 Å². The van der Waals surface area contributed by atoms with Gasteiger partial charge in [0.25, 0.3) is 0 Å². The molecule has 0 spiro atoms. The fourth-order valence-corrected chi connectivity index (χ4v) is 0.610. The van der Waals surface area contributed by atoms with Crippen LogP contribution in [0.3, 0.4) is 0 Å². The van der Waals surface area contributed by atoms with E-state index in [1.165, 1.54) is 6.92 Å². The molecule has 0 radical (unpaired) electrons. The molecule has 0 aromatic carbocycles. The number of hydrogen-bond acceptors (Lipinski definition) is 5. The zero-order chi connectivity index (χ0) is 6.85. The number of carbonyl (C=O) groups is 1. The van der Waals surface area contributed by atoms with Crippen molar-refractivity contribution in [3.8, 4) is 0 Å². The molecule has 0 saturated heterocycles. The van der Waals surface area contributed by atoms with Crippen LogP contribution in [0.1, 0.15) is 17.5 Å². The van der Waals surface area contributed by atoms with Crippen LogP contribution in [0.5, 0.6) is 0 Å². The molecule has 0 N–H and O–H groups in total. The van der Waals surface area contributed by atoms with E-state index in [1.54, 1.807) is 0 Å². The van der Waals surface area contributed by atoms with E-state index < -0.39 is 0 Å². The first-order valence-corrected chi connectivity index (χ1v) is 2.60. The molecular formula is C3H4N4OS. The van der Waals surface area contributed by atoms with Crippen LogP contribution in [-0.4, -0.2) is 25.4 Å². The lowest BCUT2D eigenvalue weighted by molar-refractivity contribution is 0.100. The predicted octanol–water partition coefficient (Wildman–Crippen LogP) is -0.431. The van der Waals surface area contributed by atoms with Gasteiger partial charge in [0.15, 0.2) is 5.78 Å². The summed E-state index contributed by atoms with van der Waals surface area (Å²) in [4.78, 5) is 10.5. The van der Waals surface area contributed by atoms with Gasteiger partial charge in [0.1, 0.15) is 0 Å². The maximum atomic E-state index is 10.5. The largest absolute Gasteiger partial charge is 0.291 e. The van der Waals surface area contributed by atoms with E-state index in [9.17, 15) is 4.79 Å². The summed E-state index contributed by atoms with van der Waals surface area (Å²) in [6, 6.07) is 0. The molecule has 0 saturated carbocycles. The summed E-state index contributed by atoms with van der Waals surface area (Å²) in [6.45, 7) is 1.37. The van der Waals surface area contributed by atoms with Crippen LogP contribution in [0.4, 0.5) is 0 Å². The van der Waals surface area contributed by atoms with Crippen LogP contribution in [0, 0.1) is 0 Å². The fourth-order valence-electron chi connectivity index (χ4n) is 0.394. The second kappa shape index (κ2) is 2.14. The third-order valence-corrected chi connectivity index (χ3v) is 1.04. The number of tetrazole rings is 1. The average molecular weight is 144 g/mol. The number of hydrogen-bond donors (Lipinski definition) is 1. The Morgan fingerprint density at radius 1 is 1.78 bits per heavy atom. The summed E-state index contributed by atoms with van der Waals surface area (Å²) in [5.74, 6) is -0.0478. The monoisotopic (exact) mass is 144 g/mol. The molecule has 0 bridgehead atoms. The number of ketones is 1. The van der Waals surface area contributed by atoms with Crippen molar-refractivity contribution in [2.24, 2.45) is 0 Å². The standard InChI is InChI=1S/C3H4N4OS/c1-2(8)3-4-5-6-7(3)9/h9H,1H3. The Hall–Kier alpha value is -0.910. The molecule has 1 heterocycles. The number of carbonyl (C=O) groups excluding carboxylic acids is 1. The van der Waals surface area contributed by atoms with Crippen LogP contribution in [0.2, 0.25) is 0 Å². The van der Waals surface area contributed by atoms with Gasteiger partial charge in [-0.15, -0.1) is 5.10 Å². The molecule has 0 aliphatic heterocycles. The van der Waals surface area contributed by atoms with E-state index in [-0.39, 0.29) is 11.6 Å². The van der Waals surface area contributed by atoms with E-state index in [1.807, 2.05) is 0 Å². The lowest BCUT2D eigenvalue weighted by Gasteiger charge is -1.85. The van der Waals surface area contributed by atoms with Crippen LogP contribution < -0.4 is 0 Å². The summed E-state index contributed by atoms with van der Waals surface area (Å²) in [6.07, 6.45) is 0. The van der Waals surface area contributed by atoms with Crippen molar-refractivity contribution in [3.05, 3.63) is 5.82 Å². The van der Waals surface area contributed by atoms with Crippen LogP contribution >= 0.6 is 12.8 Å². The molecule has 1 aromatic heterocycles. The average Bonchev–Trinajstić information content (AvgIpc) is 2.13. The maximum Gasteiger partial charge on any atom is 0.228 e. The van der Waals surface area contributed by atoms with Crippen molar-refractivity contribution in [1.29, 1.82) is 0 Å². The first-order chi connectivity index (χ1) is 4.22. The zero-order valence-electron chi connectivity index (χ0n) is 4.64. The Labute approximate surface area is 56.6 Å². The van der Waals surface area contributed by atoms with Gasteiger partial charge in [0.2, 0.25) is 5.82 Å². The van der Waals surface area contributed by atoms with E-state index in [0.717, 1.165) is 4.09 Å². The van der Waals surface area contributed by atoms with E-state index in [4.69, 9.17) is 0 Å². The maximum absolute atomic E-state index is 10.5. The molecule has 6 heteroatoms. The molecule has 0 aliphatic rings. The highest BCUT2D eigenvalue weighted by atomic mass is 32.1. The van der Waals surface area contributed by atoms with Gasteiger partial charge < -0.3 is 0 Å². The molecule has 0 aliphatic carbocycles. The van der Waals surface area contributed by atoms with Crippen LogP contribution in [0.25, 0.3) is 0 Å². The van der Waals surface area contributed by atoms with Gasteiger partial charge in [-0.1, -0.05) is 0 Å². The van der Waals surface area contributed by atoms with Crippen molar-refractivity contribution in [2.45, 2.75) is 6.92 Å². The summed E-state index contributed by atoms with van der Waals surface area (Å²) in [5, 5.41) is 9.94. The van der Waals surface area contributed by atoms with Crippen molar-refractivity contribution < 1.29 is 4.79 Å². The third kappa shape index (κ3) is 1.07. The van der Waals surface area contributed by atoms with Crippen molar-refractivity contribution in [3.63, 3.8) is 0 Å². The van der Waals surface area contributed by atoms with Gasteiger partial charge in [0.05, 0.1) is 0 Å². The summed E-state index contributed by atoms with van der Waals surface area (Å²) in [7, 11) is 0. The SMILES string of the molecule is CC(=O)c1nnnn1S. The van der Waals surface area contributed by atoms with Gasteiger partial charge >= 0.3 is 0 Å². The number of nitrogens with zero attached hydrogens (tertiary/aromatic N) is 4. The normalized spacial score (nSPS) is 9.56. The fraction of sp³-hybridized carbons (Fsp3) is 0.333. The number of thiol groups is 1. The zero-order valence-corrected chi connectivity index (χ0v) is 5.54. The minimum absolute atomic E-state index is 0.151. The Balaban J connectivity index is 3.08. The van der Waals surface area contributed by atoms with Gasteiger partial charge in [-0.3, -0.25) is 4.79 Å². The molecule has 48 valence electrons. The van der Waals surface area contributed by atoms with Crippen LogP contribution in [0.15, 0.2) is 0 Å². The Morgan fingerprint density at radius 2 is 2.44 bits per heavy atom. The highest BCUT2D eigenvalue weighted by molar-refractivity contribution is 7.78. The Morgan fingerprint density at radius 3 is 2.67 bits per heavy atom. The smallest absolute Gasteiger partial charge is 0.228 e. The molecule has 0 amide bonds. The molecule has 5 nitrogen and oxygen atoms in total. The first-order valence-electron chi connectivity index (χ1n) is 2.20. The summed E-state index contributed by atoms with van der Waals surface area (Å²) in [5.41, 5.74) is 0. The summed E-state index contributed by atoms with van der Waals surface area (Å²) < 4.78 is 1.03. The second-order valence-electron chi connectivity index (χ2n) is 1.45. The summed E-state index contributed by atoms with van der Waals surface area (Å²) >= 11 is 3.75. The van der Waals surface area contributed by atoms with Crippen molar-refractivity contribution in [1.82, 2.24) is 19.6 Å². The molecule has 0 fully saturated rings. The minimum Gasteiger partial charge on any atom is -0.291 e. The molecule has 0 atom stereocenters. The highest BCUT2D eigenvalue weighted by Crippen LogP contribution is 1.92. The van der Waals surface area contributed by atoms with Gasteiger partial charge in [-0.2, -0.15) is 4.09 Å². The molecular weight excluding hydrogens is 140 g/mol. The lowest BCUT2D eigenvalue weighted by Crippen LogP contribution is -1.99. The molecule has 1 aromatic rings. The van der Waals surface area contributed by atoms with Crippen LogP contribution in [-0.2, 0) is 0 Å². The first kappa shape index (κ1) is 6.21. The van der Waals surface area contributed by atoms with E-state index >= 15 is 0 Å². The highest BCUT2D eigenvalue weighted by Gasteiger charge is 2.06. The second-order valence-corrected chi connectivity index (χ2v) is 1.83. The lowest BCUT2D eigenvalue weighted by atomic mass is 10.4. The van der Waals surface area contributed by atoms with E-state index in [0.29, 0.717) is 0 Å². The predicted molar refractivity (Wildman–Crippen MR) is 32.2 cm³/mol. The third-order valence-electron chi connectivity index (χ3n) is 0.769. The topological polar surface area (TPSA) is 60.7 Å². The van der Waals surface area contributed by atoms with E-state index in [2.05, 4.69) is 28.3 Å². The molecule has 9 heavy (non-hydrogen) atoms. The molecule has 1 rings (SSSR count). The number of Topliss-reactive ketones (excluding diaryl/α,β-unsaturated/α-hetero) is 1. The quantitative estimate of drug-likeness (QED) is 0.429. The Bertz CT molecular complexity index is 231.